The Balaban J connectivity index is 1.70. The second kappa shape index (κ2) is 8.19. The molecule has 5 rings (SSSR count). The average Bonchev–Trinajstić information content (AvgIpc) is 3.02. The van der Waals surface area contributed by atoms with Crippen LogP contribution in [0.3, 0.4) is 0 Å². The SMILES string of the molecule is CCS(=O)(=O)N=c1ccn(C)c2c1C=CC1=c3c-2c(O)[nH]c3=CCN1C1CCN(C(C)=O)CC1. The number of aromatic hydroxyl groups is 1. The molecular weight excluding hydrogens is 454 g/mol. The second-order valence-corrected chi connectivity index (χ2v) is 10.9. The van der Waals surface area contributed by atoms with Crippen LogP contribution in [0.15, 0.2) is 22.7 Å². The first-order valence-electron chi connectivity index (χ1n) is 11.5. The van der Waals surface area contributed by atoms with Crippen LogP contribution in [-0.4, -0.2) is 70.2 Å². The number of aryl methyl sites for hydroxylation is 1. The molecule has 10 heteroatoms. The van der Waals surface area contributed by atoms with Crippen molar-refractivity contribution in [2.45, 2.75) is 32.7 Å². The minimum Gasteiger partial charge on any atom is -0.494 e. The van der Waals surface area contributed by atoms with Crippen LogP contribution in [0.1, 0.15) is 32.3 Å². The van der Waals surface area contributed by atoms with Gasteiger partial charge in [0.25, 0.3) is 10.0 Å². The predicted octanol–water partition coefficient (Wildman–Crippen LogP) is 0.218. The van der Waals surface area contributed by atoms with Crippen LogP contribution in [0.5, 0.6) is 5.88 Å². The van der Waals surface area contributed by atoms with Gasteiger partial charge in [-0.2, -0.15) is 4.40 Å². The lowest BCUT2D eigenvalue weighted by Crippen LogP contribution is -2.49. The van der Waals surface area contributed by atoms with Gasteiger partial charge in [0.15, 0.2) is 5.88 Å². The largest absolute Gasteiger partial charge is 0.494 e. The maximum absolute atomic E-state index is 12.3. The van der Waals surface area contributed by atoms with Crippen LogP contribution >= 0.6 is 0 Å². The quantitative estimate of drug-likeness (QED) is 0.649. The first kappa shape index (κ1) is 22.5. The number of sulfonamides is 1. The van der Waals surface area contributed by atoms with Crippen molar-refractivity contribution in [1.82, 2.24) is 19.4 Å². The number of piperidine rings is 1. The molecule has 9 nitrogen and oxygen atoms in total. The summed E-state index contributed by atoms with van der Waals surface area (Å²) in [5, 5.41) is 13.1. The molecule has 0 bridgehead atoms. The number of hydrogen-bond acceptors (Lipinski definition) is 5. The van der Waals surface area contributed by atoms with E-state index >= 15 is 0 Å². The molecule has 2 aromatic heterocycles. The van der Waals surface area contributed by atoms with Gasteiger partial charge >= 0.3 is 0 Å². The van der Waals surface area contributed by atoms with E-state index in [1.165, 1.54) is 0 Å². The number of amides is 1. The van der Waals surface area contributed by atoms with Crippen LogP contribution in [0, 0.1) is 0 Å². The molecule has 0 saturated carbocycles. The summed E-state index contributed by atoms with van der Waals surface area (Å²) >= 11 is 0. The summed E-state index contributed by atoms with van der Waals surface area (Å²) in [5.41, 5.74) is 2.97. The van der Waals surface area contributed by atoms with Gasteiger partial charge in [-0.15, -0.1) is 0 Å². The fraction of sp³-hybridized carbons (Fsp3) is 0.417. The lowest BCUT2D eigenvalue weighted by atomic mass is 10.00. The number of carbonyl (C=O) groups is 1. The van der Waals surface area contributed by atoms with E-state index in [0.29, 0.717) is 28.7 Å². The minimum atomic E-state index is -3.60. The van der Waals surface area contributed by atoms with Crippen molar-refractivity contribution in [1.29, 1.82) is 0 Å². The number of H-pyrrole nitrogens is 1. The Kier molecular flexibility index (Phi) is 5.43. The molecule has 0 radical (unpaired) electrons. The van der Waals surface area contributed by atoms with Gasteiger partial charge in [0.1, 0.15) is 0 Å². The van der Waals surface area contributed by atoms with Gasteiger partial charge in [-0.1, -0.05) is 0 Å². The Morgan fingerprint density at radius 2 is 2.00 bits per heavy atom. The Bertz CT molecular complexity index is 1510. The highest BCUT2D eigenvalue weighted by Gasteiger charge is 2.30. The van der Waals surface area contributed by atoms with Crippen molar-refractivity contribution in [2.75, 3.05) is 25.4 Å². The highest BCUT2D eigenvalue weighted by molar-refractivity contribution is 7.89. The van der Waals surface area contributed by atoms with E-state index < -0.39 is 10.0 Å². The fourth-order valence-corrected chi connectivity index (χ4v) is 5.78. The number of aromatic amines is 1. The third-order valence-corrected chi connectivity index (χ3v) is 8.21. The summed E-state index contributed by atoms with van der Waals surface area (Å²) in [6.45, 7) is 5.30. The van der Waals surface area contributed by atoms with E-state index in [4.69, 9.17) is 0 Å². The fourth-order valence-electron chi connectivity index (χ4n) is 5.19. The van der Waals surface area contributed by atoms with Gasteiger partial charge in [0.05, 0.1) is 22.4 Å². The van der Waals surface area contributed by atoms with E-state index in [2.05, 4.69) is 20.4 Å². The number of rotatable bonds is 3. The first-order chi connectivity index (χ1) is 16.2. The van der Waals surface area contributed by atoms with Gasteiger partial charge in [0.2, 0.25) is 5.91 Å². The molecule has 1 aliphatic carbocycles. The van der Waals surface area contributed by atoms with E-state index in [9.17, 15) is 18.3 Å². The summed E-state index contributed by atoms with van der Waals surface area (Å²) < 4.78 is 30.6. The highest BCUT2D eigenvalue weighted by atomic mass is 32.2. The summed E-state index contributed by atoms with van der Waals surface area (Å²) in [6, 6.07) is 1.94. The number of aromatic nitrogens is 2. The molecule has 0 unspecified atom stereocenters. The Labute approximate surface area is 198 Å². The zero-order valence-electron chi connectivity index (χ0n) is 19.6. The molecule has 4 heterocycles. The van der Waals surface area contributed by atoms with Crippen LogP contribution in [0.4, 0.5) is 0 Å². The molecule has 180 valence electrons. The van der Waals surface area contributed by atoms with Crippen LogP contribution in [0.2, 0.25) is 0 Å². The van der Waals surface area contributed by atoms with Gasteiger partial charge in [0, 0.05) is 67.7 Å². The van der Waals surface area contributed by atoms with Crippen molar-refractivity contribution in [3.8, 4) is 17.1 Å². The normalized spacial score (nSPS) is 18.4. The number of fused-ring (bicyclic) bond motifs is 2. The highest BCUT2D eigenvalue weighted by Crippen LogP contribution is 2.31. The number of hydrogen-bond donors (Lipinski definition) is 2. The molecule has 2 N–H and O–H groups in total. The van der Waals surface area contributed by atoms with Gasteiger partial charge < -0.3 is 24.5 Å². The van der Waals surface area contributed by atoms with Gasteiger partial charge in [-0.3, -0.25) is 4.79 Å². The van der Waals surface area contributed by atoms with Crippen LogP contribution in [0.25, 0.3) is 29.1 Å². The van der Waals surface area contributed by atoms with Crippen LogP contribution in [-0.2, 0) is 21.9 Å². The van der Waals surface area contributed by atoms with Crippen molar-refractivity contribution < 1.29 is 18.3 Å². The van der Waals surface area contributed by atoms with Crippen molar-refractivity contribution in [3.63, 3.8) is 0 Å². The molecule has 0 aromatic carbocycles. The number of likely N-dealkylation sites (tertiary alicyclic amines) is 1. The molecule has 0 atom stereocenters. The monoisotopic (exact) mass is 483 g/mol. The molecule has 1 fully saturated rings. The summed E-state index contributed by atoms with van der Waals surface area (Å²) in [4.78, 5) is 19.1. The third kappa shape index (κ3) is 3.66. The van der Waals surface area contributed by atoms with Crippen LogP contribution < -0.4 is 15.9 Å². The minimum absolute atomic E-state index is 0.0445. The lowest BCUT2D eigenvalue weighted by Gasteiger charge is -2.40. The molecular formula is C24H29N5O4S. The maximum atomic E-state index is 12.3. The smallest absolute Gasteiger partial charge is 0.253 e. The summed E-state index contributed by atoms with van der Waals surface area (Å²) in [6.07, 6.45) is 9.48. The lowest BCUT2D eigenvalue weighted by molar-refractivity contribution is -0.130. The van der Waals surface area contributed by atoms with Crippen molar-refractivity contribution >= 4 is 33.8 Å². The van der Waals surface area contributed by atoms with Crippen molar-refractivity contribution in [2.24, 2.45) is 11.4 Å². The third-order valence-electron chi connectivity index (χ3n) is 7.00. The zero-order chi connectivity index (χ0) is 24.2. The van der Waals surface area contributed by atoms with Crippen molar-refractivity contribution in [3.05, 3.63) is 39.8 Å². The maximum Gasteiger partial charge on any atom is 0.253 e. The molecule has 34 heavy (non-hydrogen) atoms. The average molecular weight is 484 g/mol. The topological polar surface area (TPSA) is 111 Å². The van der Waals surface area contributed by atoms with E-state index in [1.807, 2.05) is 28.7 Å². The zero-order valence-corrected chi connectivity index (χ0v) is 20.4. The van der Waals surface area contributed by atoms with E-state index in [1.54, 1.807) is 26.1 Å². The Morgan fingerprint density at radius 1 is 1.26 bits per heavy atom. The summed E-state index contributed by atoms with van der Waals surface area (Å²) in [7, 11) is -1.73. The predicted molar refractivity (Wildman–Crippen MR) is 130 cm³/mol. The number of pyridine rings is 1. The van der Waals surface area contributed by atoms with Gasteiger partial charge in [-0.05, 0) is 44.1 Å². The Hall–Kier alpha value is -3.27. The molecule has 2 aliphatic heterocycles. The summed E-state index contributed by atoms with van der Waals surface area (Å²) in [5.74, 6) is 0.0613. The second-order valence-electron chi connectivity index (χ2n) is 8.99. The number of carbonyl (C=O) groups excluding carboxylic acids is 1. The molecule has 1 amide bonds. The van der Waals surface area contributed by atoms with Gasteiger partial charge in [-0.25, -0.2) is 8.42 Å². The number of nitrogens with one attached hydrogen (secondary N) is 1. The standard InChI is InChI=1S/C24H29N5O4S/c1-4-34(32,33)26-18-9-11-27(3)23-17(18)5-6-20-21-19(25-24(31)22(21)23)10-14-29(20)16-7-12-28(13-8-16)15(2)30/h5-6,9-11,16,25,31H,4,7-8,12-14H2,1-3H3. The molecule has 0 spiro atoms. The molecule has 3 aliphatic rings. The molecule has 2 aromatic rings. The molecule has 1 saturated heterocycles. The van der Waals surface area contributed by atoms with E-state index in [0.717, 1.165) is 42.2 Å². The Morgan fingerprint density at radius 3 is 2.68 bits per heavy atom. The van der Waals surface area contributed by atoms with E-state index in [-0.39, 0.29) is 23.6 Å². The first-order valence-corrected chi connectivity index (χ1v) is 13.2. The number of nitrogens with zero attached hydrogens (tertiary/aromatic N) is 4.